The molecule has 1 fully saturated rings. The molecule has 0 unspecified atom stereocenters. The van der Waals surface area contributed by atoms with Crippen molar-refractivity contribution in [2.45, 2.75) is 26.1 Å². The molecule has 2 atom stereocenters. The second-order valence-corrected chi connectivity index (χ2v) is 4.14. The lowest BCUT2D eigenvalue weighted by molar-refractivity contribution is -0.0586. The van der Waals surface area contributed by atoms with E-state index < -0.39 is 0 Å². The molecule has 2 rings (SSSR count). The molecule has 0 saturated carbocycles. The zero-order chi connectivity index (χ0) is 11.5. The molecule has 4 nitrogen and oxygen atoms in total. The molecule has 2 heterocycles. The molecule has 0 spiro atoms. The average molecular weight is 219 g/mol. The third-order valence-corrected chi connectivity index (χ3v) is 2.57. The van der Waals surface area contributed by atoms with Crippen LogP contribution in [-0.2, 0) is 4.74 Å². The smallest absolute Gasteiger partial charge is 0.255 e. The summed E-state index contributed by atoms with van der Waals surface area (Å²) in [5.41, 5.74) is 0.611. The van der Waals surface area contributed by atoms with Crippen LogP contribution in [0.4, 0.5) is 0 Å². The fourth-order valence-electron chi connectivity index (χ4n) is 1.97. The lowest BCUT2D eigenvalue weighted by atomic mass is 10.2. The van der Waals surface area contributed by atoms with E-state index in [-0.39, 0.29) is 18.1 Å². The van der Waals surface area contributed by atoms with Gasteiger partial charge >= 0.3 is 0 Å². The van der Waals surface area contributed by atoms with E-state index in [1.165, 1.54) is 0 Å². The molecule has 1 saturated heterocycles. The van der Waals surface area contributed by atoms with Crippen LogP contribution in [0.3, 0.4) is 0 Å². The summed E-state index contributed by atoms with van der Waals surface area (Å²) in [6, 6.07) is 3.39. The fraction of sp³-hybridized carbons (Fsp3) is 0.500. The second-order valence-electron chi connectivity index (χ2n) is 4.14. The first-order chi connectivity index (χ1) is 7.66. The molecule has 4 heteroatoms. The van der Waals surface area contributed by atoms with Crippen LogP contribution in [0.15, 0.2) is 18.3 Å². The predicted molar refractivity (Wildman–Crippen MR) is 59.0 cm³/mol. The summed E-state index contributed by atoms with van der Waals surface area (Å²) in [6.07, 6.45) is 4.40. The van der Waals surface area contributed by atoms with Crippen molar-refractivity contribution in [1.29, 1.82) is 0 Å². The van der Waals surface area contributed by atoms with Crippen molar-refractivity contribution in [2.24, 2.45) is 0 Å². The number of hydrogen-bond donors (Lipinski definition) is 0. The molecule has 0 N–H and O–H groups in total. The second kappa shape index (κ2) is 4.61. The Morgan fingerprint density at radius 3 is 2.75 bits per heavy atom. The third-order valence-electron chi connectivity index (χ3n) is 2.57. The molecule has 0 aromatic carbocycles. The number of morpholine rings is 1. The van der Waals surface area contributed by atoms with Gasteiger partial charge in [-0.15, -0.1) is 0 Å². The van der Waals surface area contributed by atoms with Gasteiger partial charge in [-0.2, -0.15) is 0 Å². The van der Waals surface area contributed by atoms with Crippen LogP contribution in [0, 0.1) is 6.20 Å². The highest BCUT2D eigenvalue weighted by Gasteiger charge is 2.26. The Morgan fingerprint density at radius 1 is 1.50 bits per heavy atom. The summed E-state index contributed by atoms with van der Waals surface area (Å²) in [6.45, 7) is 5.24. The first kappa shape index (κ1) is 11.1. The van der Waals surface area contributed by atoms with Gasteiger partial charge < -0.3 is 9.64 Å². The largest absolute Gasteiger partial charge is 0.372 e. The highest BCUT2D eigenvalue weighted by atomic mass is 16.5. The molecule has 85 valence electrons. The lowest BCUT2D eigenvalue weighted by Gasteiger charge is -2.35. The van der Waals surface area contributed by atoms with Gasteiger partial charge in [-0.05, 0) is 26.0 Å². The summed E-state index contributed by atoms with van der Waals surface area (Å²) in [7, 11) is 0. The fourth-order valence-corrected chi connectivity index (χ4v) is 1.97. The molecular formula is C12H15N2O2. The summed E-state index contributed by atoms with van der Waals surface area (Å²) in [4.78, 5) is 17.8. The van der Waals surface area contributed by atoms with Crippen LogP contribution in [0.1, 0.15) is 24.2 Å². The van der Waals surface area contributed by atoms with Gasteiger partial charge in [0.2, 0.25) is 0 Å². The maximum Gasteiger partial charge on any atom is 0.255 e. The number of hydrogen-bond acceptors (Lipinski definition) is 3. The Labute approximate surface area is 95.2 Å². The number of ether oxygens (including phenoxy) is 1. The minimum absolute atomic E-state index is 0.0171. The number of pyridine rings is 1. The van der Waals surface area contributed by atoms with Crippen LogP contribution >= 0.6 is 0 Å². The number of carbonyl (C=O) groups excluding carboxylic acids is 1. The molecule has 16 heavy (non-hydrogen) atoms. The predicted octanol–water partition coefficient (Wildman–Crippen LogP) is 1.13. The first-order valence-electron chi connectivity index (χ1n) is 5.43. The van der Waals surface area contributed by atoms with E-state index in [0.29, 0.717) is 18.7 Å². The van der Waals surface area contributed by atoms with Crippen molar-refractivity contribution in [2.75, 3.05) is 13.1 Å². The molecule has 0 bridgehead atoms. The number of rotatable bonds is 1. The van der Waals surface area contributed by atoms with Crippen LogP contribution in [0.2, 0.25) is 0 Å². The van der Waals surface area contributed by atoms with Gasteiger partial charge in [-0.1, -0.05) is 0 Å². The maximum atomic E-state index is 12.1. The zero-order valence-corrected chi connectivity index (χ0v) is 9.51. The average Bonchev–Trinajstić information content (AvgIpc) is 2.28. The van der Waals surface area contributed by atoms with E-state index in [9.17, 15) is 4.79 Å². The highest BCUT2D eigenvalue weighted by Crippen LogP contribution is 2.13. The van der Waals surface area contributed by atoms with Crippen molar-refractivity contribution in [3.05, 3.63) is 30.1 Å². The van der Waals surface area contributed by atoms with E-state index >= 15 is 0 Å². The van der Waals surface area contributed by atoms with Gasteiger partial charge in [-0.3, -0.25) is 9.78 Å². The van der Waals surface area contributed by atoms with Gasteiger partial charge in [0.25, 0.3) is 5.91 Å². The molecule has 1 amide bonds. The van der Waals surface area contributed by atoms with E-state index in [1.807, 2.05) is 18.7 Å². The topological polar surface area (TPSA) is 42.4 Å². The number of carbonyl (C=O) groups is 1. The Kier molecular flexibility index (Phi) is 3.19. The number of aromatic nitrogens is 1. The summed E-state index contributed by atoms with van der Waals surface area (Å²) >= 11 is 0. The lowest BCUT2D eigenvalue weighted by Crippen LogP contribution is -2.48. The van der Waals surface area contributed by atoms with Crippen molar-refractivity contribution in [3.63, 3.8) is 0 Å². The zero-order valence-electron chi connectivity index (χ0n) is 9.51. The standard InChI is InChI=1S/C12H15N2O2/c1-9-7-14(8-10(2)16-9)12(15)11-4-3-5-13-6-11/h3-4,6,9-10H,7-8H2,1-2H3/t9-,10-/m1/s1. The molecule has 1 aliphatic heterocycles. The summed E-state index contributed by atoms with van der Waals surface area (Å²) < 4.78 is 5.59. The monoisotopic (exact) mass is 219 g/mol. The van der Waals surface area contributed by atoms with Crippen molar-refractivity contribution in [3.8, 4) is 0 Å². The van der Waals surface area contributed by atoms with Crippen LogP contribution < -0.4 is 0 Å². The summed E-state index contributed by atoms with van der Waals surface area (Å²) in [5.74, 6) is 0.0171. The van der Waals surface area contributed by atoms with Crippen molar-refractivity contribution >= 4 is 5.91 Å². The van der Waals surface area contributed by atoms with Crippen LogP contribution in [0.25, 0.3) is 0 Å². The van der Waals surface area contributed by atoms with Crippen molar-refractivity contribution < 1.29 is 9.53 Å². The Morgan fingerprint density at radius 2 is 2.19 bits per heavy atom. The first-order valence-corrected chi connectivity index (χ1v) is 5.43. The van der Waals surface area contributed by atoms with Gasteiger partial charge in [0.05, 0.1) is 24.0 Å². The minimum Gasteiger partial charge on any atom is -0.372 e. The Bertz CT molecular complexity index is 357. The minimum atomic E-state index is 0.0171. The molecular weight excluding hydrogens is 204 g/mol. The summed E-state index contributed by atoms with van der Waals surface area (Å²) in [5, 5.41) is 0. The normalized spacial score (nSPS) is 25.5. The van der Waals surface area contributed by atoms with Crippen LogP contribution in [0.5, 0.6) is 0 Å². The molecule has 1 aliphatic rings. The van der Waals surface area contributed by atoms with E-state index in [0.717, 1.165) is 0 Å². The Hall–Kier alpha value is -1.42. The molecule has 1 aromatic rings. The van der Waals surface area contributed by atoms with Gasteiger partial charge in [-0.25, -0.2) is 0 Å². The van der Waals surface area contributed by atoms with Crippen molar-refractivity contribution in [1.82, 2.24) is 9.88 Å². The van der Waals surface area contributed by atoms with E-state index in [2.05, 4.69) is 11.2 Å². The van der Waals surface area contributed by atoms with E-state index in [1.54, 1.807) is 18.3 Å². The quantitative estimate of drug-likeness (QED) is 0.711. The highest BCUT2D eigenvalue weighted by molar-refractivity contribution is 5.93. The van der Waals surface area contributed by atoms with Crippen LogP contribution in [-0.4, -0.2) is 41.1 Å². The maximum absolute atomic E-state index is 12.1. The molecule has 0 aliphatic carbocycles. The Balaban J connectivity index is 2.10. The van der Waals surface area contributed by atoms with Gasteiger partial charge in [0.15, 0.2) is 0 Å². The molecule has 1 aromatic heterocycles. The van der Waals surface area contributed by atoms with E-state index in [4.69, 9.17) is 4.74 Å². The number of nitrogens with zero attached hydrogens (tertiary/aromatic N) is 2. The molecule has 1 radical (unpaired) electrons. The SMILES string of the molecule is C[C@@H]1CN(C(=O)c2cc[c]nc2)C[C@@H](C)O1. The number of amides is 1. The van der Waals surface area contributed by atoms with Gasteiger partial charge in [0, 0.05) is 19.3 Å². The third kappa shape index (κ3) is 2.39. The van der Waals surface area contributed by atoms with Gasteiger partial charge in [0.1, 0.15) is 0 Å².